The minimum absolute atomic E-state index is 0.150. The first kappa shape index (κ1) is 32.0. The molecule has 0 radical (unpaired) electrons. The number of carboxylic acid groups (broad SMARTS) is 1. The highest BCUT2D eigenvalue weighted by Crippen LogP contribution is 2.36. The van der Waals surface area contributed by atoms with Gasteiger partial charge in [0.2, 0.25) is 0 Å². The van der Waals surface area contributed by atoms with Crippen molar-refractivity contribution in [3.8, 4) is 17.2 Å². The van der Waals surface area contributed by atoms with Gasteiger partial charge in [-0.15, -0.1) is 0 Å². The smallest absolute Gasteiger partial charge is 0.341 e. The Kier molecular flexibility index (Phi) is 10.0. The number of nitrogens with zero attached hydrogens (tertiary/aromatic N) is 2. The van der Waals surface area contributed by atoms with Crippen LogP contribution in [0.4, 0.5) is 0 Å². The number of aromatic nitrogens is 1. The summed E-state index contributed by atoms with van der Waals surface area (Å²) >= 11 is 3.23. The third-order valence-electron chi connectivity index (χ3n) is 6.77. The standard InChI is InChI=1S/C33H29IN2O8S/c1-4-42-22-13-11-21(12-14-22)29-27(32(40)43-5-2)28(20-9-7-6-8-10-20)35-33-36(29)31(39)25(45-33)17-19-15-23(34)30(24(16-19)41-3)44-18-26(37)38/h6-17,29H,4-5,18H2,1-3H3,(H,37,38)/b25-17-/t29-/m1/s1. The molecule has 45 heavy (non-hydrogen) atoms. The summed E-state index contributed by atoms with van der Waals surface area (Å²) in [6, 6.07) is 19.2. The van der Waals surface area contributed by atoms with Gasteiger partial charge in [0.15, 0.2) is 22.9 Å². The molecule has 5 rings (SSSR count). The second-order valence-electron chi connectivity index (χ2n) is 9.65. The molecule has 4 aromatic rings. The molecule has 1 aliphatic heterocycles. The molecule has 0 amide bonds. The van der Waals surface area contributed by atoms with Crippen LogP contribution in [0.5, 0.6) is 17.2 Å². The summed E-state index contributed by atoms with van der Waals surface area (Å²) in [5.74, 6) is -0.397. The summed E-state index contributed by atoms with van der Waals surface area (Å²) in [5, 5.41) is 9.05. The predicted octanol–water partition coefficient (Wildman–Crippen LogP) is 4.41. The number of carbonyl (C=O) groups excluding carboxylic acids is 1. The van der Waals surface area contributed by atoms with E-state index in [0.29, 0.717) is 59.1 Å². The minimum atomic E-state index is -1.11. The summed E-state index contributed by atoms with van der Waals surface area (Å²) < 4.78 is 24.6. The molecular formula is C33H29IN2O8S. The van der Waals surface area contributed by atoms with Gasteiger partial charge in [-0.05, 0) is 77.9 Å². The number of esters is 1. The zero-order valence-corrected chi connectivity index (χ0v) is 27.6. The quantitative estimate of drug-likeness (QED) is 0.177. The molecule has 3 aromatic carbocycles. The Bertz CT molecular complexity index is 1950. The Labute approximate surface area is 276 Å². The minimum Gasteiger partial charge on any atom is -0.494 e. The number of thiazole rings is 1. The van der Waals surface area contributed by atoms with Gasteiger partial charge < -0.3 is 24.1 Å². The van der Waals surface area contributed by atoms with Crippen molar-refractivity contribution < 1.29 is 33.6 Å². The lowest BCUT2D eigenvalue weighted by Crippen LogP contribution is -2.40. The van der Waals surface area contributed by atoms with Crippen molar-refractivity contribution in [3.63, 3.8) is 0 Å². The summed E-state index contributed by atoms with van der Waals surface area (Å²) in [5.41, 5.74) is 2.37. The first-order chi connectivity index (χ1) is 21.7. The summed E-state index contributed by atoms with van der Waals surface area (Å²) in [7, 11) is 1.45. The second kappa shape index (κ2) is 14.1. The fourth-order valence-electron chi connectivity index (χ4n) is 4.92. The van der Waals surface area contributed by atoms with Gasteiger partial charge in [-0.25, -0.2) is 14.6 Å². The Balaban J connectivity index is 1.74. The highest BCUT2D eigenvalue weighted by atomic mass is 127. The molecule has 1 N–H and O–H groups in total. The van der Waals surface area contributed by atoms with Gasteiger partial charge in [0.1, 0.15) is 5.75 Å². The van der Waals surface area contributed by atoms with Crippen LogP contribution in [0.2, 0.25) is 0 Å². The molecule has 0 unspecified atom stereocenters. The molecule has 1 aliphatic rings. The zero-order valence-electron chi connectivity index (χ0n) is 24.6. The molecule has 232 valence electrons. The van der Waals surface area contributed by atoms with Gasteiger partial charge in [0.05, 0.1) is 45.7 Å². The van der Waals surface area contributed by atoms with Gasteiger partial charge >= 0.3 is 11.9 Å². The Morgan fingerprint density at radius 2 is 1.78 bits per heavy atom. The van der Waals surface area contributed by atoms with Crippen molar-refractivity contribution >= 4 is 57.6 Å². The number of ether oxygens (including phenoxy) is 4. The number of carbonyl (C=O) groups is 2. The van der Waals surface area contributed by atoms with Crippen LogP contribution in [-0.2, 0) is 14.3 Å². The summed E-state index contributed by atoms with van der Waals surface area (Å²) in [6.07, 6.45) is 1.71. The average Bonchev–Trinajstić information content (AvgIpc) is 3.34. The molecule has 0 aliphatic carbocycles. The fourth-order valence-corrected chi connectivity index (χ4v) is 6.70. The SMILES string of the molecule is CCOC(=O)C1=C(c2ccccc2)N=c2s/c(=C\c3cc(I)c(OCC(=O)O)c(OC)c3)c(=O)n2[C@@H]1c1ccc(OCC)cc1. The lowest BCUT2D eigenvalue weighted by atomic mass is 9.93. The van der Waals surface area contributed by atoms with E-state index in [4.69, 9.17) is 29.0 Å². The lowest BCUT2D eigenvalue weighted by molar-refractivity contribution is -0.140. The Hall–Kier alpha value is -4.43. The normalized spacial score (nSPS) is 14.4. The van der Waals surface area contributed by atoms with E-state index in [1.54, 1.807) is 25.1 Å². The number of carboxylic acids is 1. The van der Waals surface area contributed by atoms with Crippen LogP contribution in [0.1, 0.15) is 36.6 Å². The van der Waals surface area contributed by atoms with Gasteiger partial charge in [-0.2, -0.15) is 0 Å². The van der Waals surface area contributed by atoms with Gasteiger partial charge in [-0.3, -0.25) is 9.36 Å². The molecule has 0 saturated heterocycles. The molecule has 10 nitrogen and oxygen atoms in total. The molecule has 0 saturated carbocycles. The number of aliphatic carboxylic acids is 1. The van der Waals surface area contributed by atoms with Crippen LogP contribution < -0.4 is 29.1 Å². The molecular weight excluding hydrogens is 711 g/mol. The first-order valence-electron chi connectivity index (χ1n) is 14.0. The largest absolute Gasteiger partial charge is 0.494 e. The summed E-state index contributed by atoms with van der Waals surface area (Å²) in [4.78, 5) is 44.2. The van der Waals surface area contributed by atoms with Crippen LogP contribution in [0.15, 0.2) is 82.1 Å². The molecule has 2 heterocycles. The van der Waals surface area contributed by atoms with Crippen LogP contribution in [0.3, 0.4) is 0 Å². The number of halogens is 1. The van der Waals surface area contributed by atoms with E-state index >= 15 is 0 Å². The van der Waals surface area contributed by atoms with Crippen molar-refractivity contribution in [3.05, 3.63) is 112 Å². The predicted molar refractivity (Wildman–Crippen MR) is 178 cm³/mol. The van der Waals surface area contributed by atoms with E-state index in [0.717, 1.165) is 0 Å². The van der Waals surface area contributed by atoms with Crippen molar-refractivity contribution in [1.82, 2.24) is 4.57 Å². The lowest BCUT2D eigenvalue weighted by Gasteiger charge is -2.26. The number of benzene rings is 3. The maximum absolute atomic E-state index is 14.2. The monoisotopic (exact) mass is 740 g/mol. The van der Waals surface area contributed by atoms with Gasteiger partial charge in [0, 0.05) is 5.56 Å². The van der Waals surface area contributed by atoms with E-state index in [9.17, 15) is 14.4 Å². The van der Waals surface area contributed by atoms with E-state index in [1.807, 2.05) is 84.1 Å². The zero-order chi connectivity index (χ0) is 32.1. The van der Waals surface area contributed by atoms with Crippen molar-refractivity contribution in [1.29, 1.82) is 0 Å². The highest BCUT2D eigenvalue weighted by molar-refractivity contribution is 14.1. The highest BCUT2D eigenvalue weighted by Gasteiger charge is 2.35. The molecule has 0 bridgehead atoms. The number of hydrogen-bond acceptors (Lipinski definition) is 9. The molecule has 1 atom stereocenters. The van der Waals surface area contributed by atoms with Crippen LogP contribution >= 0.6 is 33.9 Å². The van der Waals surface area contributed by atoms with Gasteiger partial charge in [-0.1, -0.05) is 53.8 Å². The van der Waals surface area contributed by atoms with Crippen LogP contribution in [0, 0.1) is 3.57 Å². The van der Waals surface area contributed by atoms with Crippen molar-refractivity contribution in [2.24, 2.45) is 4.99 Å². The molecule has 1 aromatic heterocycles. The van der Waals surface area contributed by atoms with Gasteiger partial charge in [0.25, 0.3) is 5.56 Å². The third-order valence-corrected chi connectivity index (χ3v) is 8.55. The fraction of sp³-hybridized carbons (Fsp3) is 0.212. The van der Waals surface area contributed by atoms with Crippen molar-refractivity contribution in [2.45, 2.75) is 19.9 Å². The number of fused-ring (bicyclic) bond motifs is 1. The topological polar surface area (TPSA) is 126 Å². The number of methoxy groups -OCH3 is 1. The van der Waals surface area contributed by atoms with E-state index in [2.05, 4.69) is 0 Å². The maximum Gasteiger partial charge on any atom is 0.341 e. The second-order valence-corrected chi connectivity index (χ2v) is 11.8. The van der Waals surface area contributed by atoms with Crippen LogP contribution in [0.25, 0.3) is 11.8 Å². The Morgan fingerprint density at radius 1 is 1.04 bits per heavy atom. The van der Waals surface area contributed by atoms with E-state index in [-0.39, 0.29) is 17.7 Å². The number of rotatable bonds is 11. The Morgan fingerprint density at radius 3 is 2.42 bits per heavy atom. The molecule has 0 spiro atoms. The van der Waals surface area contributed by atoms with E-state index < -0.39 is 24.6 Å². The number of hydrogen-bond donors (Lipinski definition) is 1. The van der Waals surface area contributed by atoms with Crippen molar-refractivity contribution in [2.75, 3.05) is 26.9 Å². The maximum atomic E-state index is 14.2. The third kappa shape index (κ3) is 6.81. The molecule has 0 fully saturated rings. The first-order valence-corrected chi connectivity index (χ1v) is 15.9. The average molecular weight is 741 g/mol. The molecule has 12 heteroatoms. The van der Waals surface area contributed by atoms with E-state index in [1.165, 1.54) is 23.0 Å². The summed E-state index contributed by atoms with van der Waals surface area (Å²) in [6.45, 7) is 3.75. The van der Waals surface area contributed by atoms with Crippen LogP contribution in [-0.4, -0.2) is 48.5 Å².